The van der Waals surface area contributed by atoms with Gasteiger partial charge in [0.2, 0.25) is 0 Å². The molecule has 6 heteroatoms. The van der Waals surface area contributed by atoms with Crippen molar-refractivity contribution in [3.63, 3.8) is 0 Å². The van der Waals surface area contributed by atoms with Gasteiger partial charge in [0, 0.05) is 24.2 Å². The first-order valence-corrected chi connectivity index (χ1v) is 7.27. The number of methoxy groups -OCH3 is 1. The molecule has 2 fully saturated rings. The molecule has 1 aliphatic heterocycles. The highest BCUT2D eigenvalue weighted by Gasteiger charge is 2.46. The number of carbonyl (C=O) groups is 1. The number of amides is 2. The summed E-state index contributed by atoms with van der Waals surface area (Å²) in [6.07, 6.45) is 2.28. The second kappa shape index (κ2) is 5.52. The molecule has 1 aliphatic carbocycles. The molecule has 1 aromatic rings. The molecule has 6 nitrogen and oxygen atoms in total. The number of carbonyl (C=O) groups excluding carboxylic acids is 1. The molecule has 3 rings (SSSR count). The van der Waals surface area contributed by atoms with Gasteiger partial charge in [-0.05, 0) is 31.9 Å². The Bertz CT molecular complexity index is 543. The molecule has 2 heterocycles. The number of urea groups is 1. The van der Waals surface area contributed by atoms with Crippen molar-refractivity contribution in [2.45, 2.75) is 19.8 Å². The van der Waals surface area contributed by atoms with Crippen LogP contribution in [0.25, 0.3) is 0 Å². The van der Waals surface area contributed by atoms with Crippen LogP contribution in [0.5, 0.6) is 5.75 Å². The normalized spacial score (nSPS) is 20.0. The van der Waals surface area contributed by atoms with Gasteiger partial charge in [0.1, 0.15) is 0 Å². The van der Waals surface area contributed by atoms with E-state index in [1.165, 1.54) is 0 Å². The van der Waals surface area contributed by atoms with Crippen molar-refractivity contribution in [1.29, 1.82) is 0 Å². The number of nitrogens with zero attached hydrogens (tertiary/aromatic N) is 2. The van der Waals surface area contributed by atoms with Crippen LogP contribution in [-0.2, 0) is 4.74 Å². The molecule has 1 saturated carbocycles. The summed E-state index contributed by atoms with van der Waals surface area (Å²) in [5.41, 5.74) is 1.03. The molecule has 114 valence electrons. The first kappa shape index (κ1) is 14.1. The van der Waals surface area contributed by atoms with E-state index >= 15 is 0 Å². The summed E-state index contributed by atoms with van der Waals surface area (Å²) < 4.78 is 10.9. The Morgan fingerprint density at radius 3 is 3.00 bits per heavy atom. The standard InChI is InChI=1S/C15H21N3O3/c1-11-3-4-12(20-2)13(16-11)17-14(19)18-7-8-21-10-15(9-18)5-6-15/h3-4H,5-10H2,1-2H3,(H,16,17,19). The predicted molar refractivity (Wildman–Crippen MR) is 78.6 cm³/mol. The second-order valence-corrected chi connectivity index (χ2v) is 5.91. The van der Waals surface area contributed by atoms with Crippen LogP contribution in [0.2, 0.25) is 0 Å². The lowest BCUT2D eigenvalue weighted by Gasteiger charge is -2.23. The van der Waals surface area contributed by atoms with E-state index in [-0.39, 0.29) is 11.4 Å². The first-order chi connectivity index (χ1) is 10.1. The minimum Gasteiger partial charge on any atom is -0.493 e. The zero-order valence-electron chi connectivity index (χ0n) is 12.5. The lowest BCUT2D eigenvalue weighted by molar-refractivity contribution is 0.115. The minimum absolute atomic E-state index is 0.136. The number of aryl methyl sites for hydroxylation is 1. The zero-order valence-corrected chi connectivity index (χ0v) is 12.5. The summed E-state index contributed by atoms with van der Waals surface area (Å²) in [5.74, 6) is 1.04. The lowest BCUT2D eigenvalue weighted by atomic mass is 10.1. The van der Waals surface area contributed by atoms with Gasteiger partial charge in [0.15, 0.2) is 11.6 Å². The fourth-order valence-corrected chi connectivity index (χ4v) is 2.62. The summed E-state index contributed by atoms with van der Waals surface area (Å²) in [6, 6.07) is 3.53. The minimum atomic E-state index is -0.136. The van der Waals surface area contributed by atoms with E-state index in [9.17, 15) is 4.79 Å². The molecule has 0 radical (unpaired) electrons. The molecule has 0 bridgehead atoms. The Balaban J connectivity index is 1.72. The van der Waals surface area contributed by atoms with E-state index in [0.717, 1.165) is 31.7 Å². The Morgan fingerprint density at radius 2 is 2.29 bits per heavy atom. The molecule has 0 unspecified atom stereocenters. The maximum Gasteiger partial charge on any atom is 0.323 e. The van der Waals surface area contributed by atoms with Gasteiger partial charge in [-0.25, -0.2) is 9.78 Å². The summed E-state index contributed by atoms with van der Waals surface area (Å²) in [6.45, 7) is 4.61. The molecule has 0 aromatic carbocycles. The quantitative estimate of drug-likeness (QED) is 0.905. The number of hydrogen-bond acceptors (Lipinski definition) is 4. The van der Waals surface area contributed by atoms with Crippen LogP contribution in [0, 0.1) is 12.3 Å². The van der Waals surface area contributed by atoms with Crippen molar-refractivity contribution in [3.05, 3.63) is 17.8 Å². The van der Waals surface area contributed by atoms with Crippen molar-refractivity contribution in [2.24, 2.45) is 5.41 Å². The van der Waals surface area contributed by atoms with Gasteiger partial charge < -0.3 is 14.4 Å². The molecule has 0 atom stereocenters. The molecule has 2 aliphatic rings. The SMILES string of the molecule is COc1ccc(C)nc1NC(=O)N1CCOCC2(CC2)C1. The summed E-state index contributed by atoms with van der Waals surface area (Å²) in [5, 5.41) is 2.86. The topological polar surface area (TPSA) is 63.7 Å². The Morgan fingerprint density at radius 1 is 1.48 bits per heavy atom. The third-order valence-electron chi connectivity index (χ3n) is 4.13. The van der Waals surface area contributed by atoms with Crippen LogP contribution >= 0.6 is 0 Å². The zero-order chi connectivity index (χ0) is 14.9. The average molecular weight is 291 g/mol. The van der Waals surface area contributed by atoms with E-state index < -0.39 is 0 Å². The van der Waals surface area contributed by atoms with Crippen LogP contribution in [0.15, 0.2) is 12.1 Å². The van der Waals surface area contributed by atoms with Crippen LogP contribution in [0.1, 0.15) is 18.5 Å². The highest BCUT2D eigenvalue weighted by Crippen LogP contribution is 2.47. The Kier molecular flexibility index (Phi) is 3.71. The number of rotatable bonds is 2. The van der Waals surface area contributed by atoms with Crippen LogP contribution in [-0.4, -0.2) is 49.3 Å². The van der Waals surface area contributed by atoms with Gasteiger partial charge in [-0.1, -0.05) is 0 Å². The molecule has 1 aromatic heterocycles. The van der Waals surface area contributed by atoms with E-state index in [0.29, 0.717) is 24.7 Å². The molecule has 1 spiro atoms. The van der Waals surface area contributed by atoms with Crippen LogP contribution < -0.4 is 10.1 Å². The van der Waals surface area contributed by atoms with Gasteiger partial charge in [0.25, 0.3) is 0 Å². The fourth-order valence-electron chi connectivity index (χ4n) is 2.62. The second-order valence-electron chi connectivity index (χ2n) is 5.91. The summed E-state index contributed by atoms with van der Waals surface area (Å²) >= 11 is 0. The highest BCUT2D eigenvalue weighted by molar-refractivity contribution is 5.89. The van der Waals surface area contributed by atoms with Gasteiger partial charge in [-0.3, -0.25) is 5.32 Å². The van der Waals surface area contributed by atoms with Crippen molar-refractivity contribution in [3.8, 4) is 5.75 Å². The lowest BCUT2D eigenvalue weighted by Crippen LogP contribution is -2.39. The summed E-state index contributed by atoms with van der Waals surface area (Å²) in [7, 11) is 1.57. The maximum absolute atomic E-state index is 12.5. The monoisotopic (exact) mass is 291 g/mol. The highest BCUT2D eigenvalue weighted by atomic mass is 16.5. The molecule has 21 heavy (non-hydrogen) atoms. The Labute approximate surface area is 124 Å². The number of hydrogen-bond donors (Lipinski definition) is 1. The largest absolute Gasteiger partial charge is 0.493 e. The fraction of sp³-hybridized carbons (Fsp3) is 0.600. The average Bonchev–Trinajstić information content (AvgIpc) is 3.26. The number of ether oxygens (including phenoxy) is 2. The number of anilines is 1. The van der Waals surface area contributed by atoms with E-state index in [2.05, 4.69) is 10.3 Å². The number of aromatic nitrogens is 1. The molecule has 1 N–H and O–H groups in total. The number of pyridine rings is 1. The Hall–Kier alpha value is -1.82. The van der Waals surface area contributed by atoms with Gasteiger partial charge in [-0.2, -0.15) is 0 Å². The summed E-state index contributed by atoms with van der Waals surface area (Å²) in [4.78, 5) is 18.6. The third kappa shape index (κ3) is 3.10. The molecular weight excluding hydrogens is 270 g/mol. The van der Waals surface area contributed by atoms with E-state index in [1.54, 1.807) is 7.11 Å². The van der Waals surface area contributed by atoms with Gasteiger partial charge in [-0.15, -0.1) is 0 Å². The van der Waals surface area contributed by atoms with Crippen LogP contribution in [0.3, 0.4) is 0 Å². The smallest absolute Gasteiger partial charge is 0.323 e. The molecular formula is C15H21N3O3. The van der Waals surface area contributed by atoms with Crippen molar-refractivity contribution >= 4 is 11.8 Å². The van der Waals surface area contributed by atoms with E-state index in [1.807, 2.05) is 24.0 Å². The van der Waals surface area contributed by atoms with Gasteiger partial charge in [0.05, 0.1) is 20.3 Å². The van der Waals surface area contributed by atoms with Crippen molar-refractivity contribution in [2.75, 3.05) is 38.7 Å². The van der Waals surface area contributed by atoms with E-state index in [4.69, 9.17) is 9.47 Å². The van der Waals surface area contributed by atoms with Crippen LogP contribution in [0.4, 0.5) is 10.6 Å². The molecule has 2 amide bonds. The van der Waals surface area contributed by atoms with Crippen molar-refractivity contribution in [1.82, 2.24) is 9.88 Å². The maximum atomic E-state index is 12.5. The first-order valence-electron chi connectivity index (χ1n) is 7.27. The van der Waals surface area contributed by atoms with Gasteiger partial charge >= 0.3 is 6.03 Å². The predicted octanol–water partition coefficient (Wildman–Crippen LogP) is 2.04. The van der Waals surface area contributed by atoms with Crippen molar-refractivity contribution < 1.29 is 14.3 Å². The third-order valence-corrected chi connectivity index (χ3v) is 4.13. The number of nitrogens with one attached hydrogen (secondary N) is 1. The molecule has 1 saturated heterocycles.